The number of hydrogen-bond donors (Lipinski definition) is 2. The Labute approximate surface area is 354 Å². The van der Waals surface area contributed by atoms with Gasteiger partial charge in [-0.3, -0.25) is 4.79 Å². The summed E-state index contributed by atoms with van der Waals surface area (Å²) in [6.45, 7) is 17.6. The van der Waals surface area contributed by atoms with Gasteiger partial charge in [-0.1, -0.05) is 227 Å². The summed E-state index contributed by atoms with van der Waals surface area (Å²) in [4.78, 5) is 18.2. The third-order valence-corrected chi connectivity index (χ3v) is 12.3. The first-order valence-electron chi connectivity index (χ1n) is 26.0. The molecule has 0 aromatic carbocycles. The van der Waals surface area contributed by atoms with Gasteiger partial charge in [0.25, 0.3) is 0 Å². The van der Waals surface area contributed by atoms with Crippen molar-refractivity contribution in [3.63, 3.8) is 0 Å². The first-order chi connectivity index (χ1) is 27.6. The molecule has 0 saturated heterocycles. The van der Waals surface area contributed by atoms with E-state index in [1.54, 1.807) is 0 Å². The second-order valence-electron chi connectivity index (χ2n) is 18.3. The van der Waals surface area contributed by atoms with Crippen molar-refractivity contribution >= 4 is 5.91 Å². The van der Waals surface area contributed by atoms with E-state index in [4.69, 9.17) is 5.73 Å². The maximum Gasteiger partial charge on any atom is 0.221 e. The predicted octanol–water partition coefficient (Wildman–Crippen LogP) is 14.8. The van der Waals surface area contributed by atoms with Crippen molar-refractivity contribution in [3.05, 3.63) is 0 Å². The average molecular weight is 791 g/mol. The Balaban J connectivity index is 4.50. The van der Waals surface area contributed by atoms with Gasteiger partial charge >= 0.3 is 0 Å². The molecule has 0 spiro atoms. The van der Waals surface area contributed by atoms with E-state index < -0.39 is 0 Å². The van der Waals surface area contributed by atoms with Crippen LogP contribution in [0.15, 0.2) is 0 Å². The van der Waals surface area contributed by atoms with E-state index in [1.807, 2.05) is 0 Å². The van der Waals surface area contributed by atoms with Crippen LogP contribution in [0.5, 0.6) is 0 Å². The van der Waals surface area contributed by atoms with Crippen LogP contribution in [0, 0.1) is 5.92 Å². The lowest BCUT2D eigenvalue weighted by Crippen LogP contribution is -2.35. The van der Waals surface area contributed by atoms with E-state index >= 15 is 0 Å². The van der Waals surface area contributed by atoms with Crippen molar-refractivity contribution < 1.29 is 4.79 Å². The third kappa shape index (κ3) is 42.9. The zero-order valence-corrected chi connectivity index (χ0v) is 39.3. The molecule has 0 saturated carbocycles. The van der Waals surface area contributed by atoms with E-state index in [0.29, 0.717) is 12.3 Å². The standard InChI is InChI=1S/C51H106N4O/c1-5-8-11-14-17-20-23-25-28-31-34-37-43-54(47-41-51(56)53-42-36-33-30-27-22-19-16-13-10-7-3)44-39-40-46-55(49-50(4)48-52)45-38-35-32-29-26-24-21-18-15-12-9-6-2/h50H,5-49,52H2,1-4H3,(H,53,56). The molecule has 3 N–H and O–H groups in total. The van der Waals surface area contributed by atoms with Crippen LogP contribution in [-0.2, 0) is 4.79 Å². The molecule has 5 heteroatoms. The van der Waals surface area contributed by atoms with Crippen molar-refractivity contribution in [2.24, 2.45) is 11.7 Å². The fraction of sp³-hybridized carbons (Fsp3) is 0.980. The number of nitrogens with one attached hydrogen (secondary N) is 1. The molecular formula is C51H106N4O. The molecule has 0 aliphatic heterocycles. The molecule has 0 aromatic rings. The molecule has 0 bridgehead atoms. The van der Waals surface area contributed by atoms with Crippen molar-refractivity contribution in [1.29, 1.82) is 0 Å². The lowest BCUT2D eigenvalue weighted by molar-refractivity contribution is -0.121. The molecule has 1 atom stereocenters. The summed E-state index contributed by atoms with van der Waals surface area (Å²) in [5.74, 6) is 0.818. The predicted molar refractivity (Wildman–Crippen MR) is 252 cm³/mol. The van der Waals surface area contributed by atoms with Crippen LogP contribution in [0.2, 0.25) is 0 Å². The number of carbonyl (C=O) groups excluding carboxylic acids is 1. The Morgan fingerprint density at radius 3 is 1.04 bits per heavy atom. The molecule has 0 heterocycles. The summed E-state index contributed by atoms with van der Waals surface area (Å²) in [6, 6.07) is 0. The molecular weight excluding hydrogens is 685 g/mol. The molecule has 1 unspecified atom stereocenters. The van der Waals surface area contributed by atoms with Crippen molar-refractivity contribution in [3.8, 4) is 0 Å². The van der Waals surface area contributed by atoms with Crippen molar-refractivity contribution in [2.75, 3.05) is 52.4 Å². The van der Waals surface area contributed by atoms with E-state index in [0.717, 1.165) is 45.7 Å². The van der Waals surface area contributed by atoms with Crippen LogP contribution in [-0.4, -0.2) is 68.1 Å². The number of amides is 1. The highest BCUT2D eigenvalue weighted by Crippen LogP contribution is 2.15. The Morgan fingerprint density at radius 2 is 0.696 bits per heavy atom. The highest BCUT2D eigenvalue weighted by atomic mass is 16.1. The maximum absolute atomic E-state index is 12.8. The number of unbranched alkanes of at least 4 members (excludes halogenated alkanes) is 32. The van der Waals surface area contributed by atoms with Crippen LogP contribution in [0.25, 0.3) is 0 Å². The normalized spacial score (nSPS) is 12.3. The van der Waals surface area contributed by atoms with Crippen LogP contribution in [0.4, 0.5) is 0 Å². The molecule has 0 fully saturated rings. The second kappa shape index (κ2) is 47.0. The van der Waals surface area contributed by atoms with Gasteiger partial charge in [0.2, 0.25) is 5.91 Å². The summed E-state index contributed by atoms with van der Waals surface area (Å²) < 4.78 is 0. The quantitative estimate of drug-likeness (QED) is 0.0603. The minimum absolute atomic E-state index is 0.255. The molecule has 0 aliphatic carbocycles. The van der Waals surface area contributed by atoms with Gasteiger partial charge in [0.1, 0.15) is 0 Å². The van der Waals surface area contributed by atoms with E-state index in [2.05, 4.69) is 42.8 Å². The number of hydrogen-bond acceptors (Lipinski definition) is 4. The first kappa shape index (κ1) is 55.4. The Morgan fingerprint density at radius 1 is 0.411 bits per heavy atom. The Bertz CT molecular complexity index is 747. The Hall–Kier alpha value is -0.650. The van der Waals surface area contributed by atoms with Gasteiger partial charge < -0.3 is 20.9 Å². The summed E-state index contributed by atoms with van der Waals surface area (Å²) in [7, 11) is 0. The third-order valence-electron chi connectivity index (χ3n) is 12.3. The fourth-order valence-electron chi connectivity index (χ4n) is 8.36. The monoisotopic (exact) mass is 791 g/mol. The summed E-state index contributed by atoms with van der Waals surface area (Å²) in [5, 5.41) is 3.25. The summed E-state index contributed by atoms with van der Waals surface area (Å²) in [5.41, 5.74) is 6.07. The van der Waals surface area contributed by atoms with Crippen LogP contribution < -0.4 is 11.1 Å². The highest BCUT2D eigenvalue weighted by Gasteiger charge is 2.12. The van der Waals surface area contributed by atoms with Gasteiger partial charge in [-0.25, -0.2) is 0 Å². The number of nitrogens with zero attached hydrogens (tertiary/aromatic N) is 2. The van der Waals surface area contributed by atoms with Gasteiger partial charge in [-0.05, 0) is 70.7 Å². The smallest absolute Gasteiger partial charge is 0.221 e. The molecule has 0 aliphatic rings. The van der Waals surface area contributed by atoms with Crippen molar-refractivity contribution in [1.82, 2.24) is 15.1 Å². The van der Waals surface area contributed by atoms with Gasteiger partial charge in [-0.15, -0.1) is 0 Å². The minimum Gasteiger partial charge on any atom is -0.356 e. The molecule has 1 amide bonds. The van der Waals surface area contributed by atoms with Crippen LogP contribution in [0.1, 0.15) is 265 Å². The minimum atomic E-state index is 0.255. The largest absolute Gasteiger partial charge is 0.356 e. The fourth-order valence-corrected chi connectivity index (χ4v) is 8.36. The topological polar surface area (TPSA) is 61.6 Å². The lowest BCUT2D eigenvalue weighted by Gasteiger charge is -2.26. The zero-order valence-electron chi connectivity index (χ0n) is 39.3. The lowest BCUT2D eigenvalue weighted by atomic mass is 10.0. The van der Waals surface area contributed by atoms with Gasteiger partial charge in [0.05, 0.1) is 0 Å². The van der Waals surface area contributed by atoms with Crippen LogP contribution >= 0.6 is 0 Å². The molecule has 56 heavy (non-hydrogen) atoms. The first-order valence-corrected chi connectivity index (χ1v) is 26.0. The SMILES string of the molecule is CCCCCCCCCCCCCCN(CCCCN(CCCCCCCCCCCCCC)CC(C)CN)CCC(=O)NCCCCCCCCCCCC. The number of rotatable bonds is 48. The van der Waals surface area contributed by atoms with Gasteiger partial charge in [0, 0.05) is 26.1 Å². The number of nitrogens with two attached hydrogens (primary N) is 1. The molecule has 336 valence electrons. The molecule has 5 nitrogen and oxygen atoms in total. The zero-order chi connectivity index (χ0) is 40.8. The molecule has 0 radical (unpaired) electrons. The van der Waals surface area contributed by atoms with Crippen LogP contribution in [0.3, 0.4) is 0 Å². The summed E-state index contributed by atoms with van der Waals surface area (Å²) >= 11 is 0. The average Bonchev–Trinajstić information content (AvgIpc) is 3.20. The Kier molecular flexibility index (Phi) is 46.5. The number of carbonyl (C=O) groups is 1. The highest BCUT2D eigenvalue weighted by molar-refractivity contribution is 5.76. The molecule has 0 aromatic heterocycles. The van der Waals surface area contributed by atoms with Gasteiger partial charge in [0.15, 0.2) is 0 Å². The van der Waals surface area contributed by atoms with Gasteiger partial charge in [-0.2, -0.15) is 0 Å². The van der Waals surface area contributed by atoms with E-state index in [9.17, 15) is 4.79 Å². The molecule has 0 rings (SSSR count). The second-order valence-corrected chi connectivity index (χ2v) is 18.3. The van der Waals surface area contributed by atoms with Crippen molar-refractivity contribution in [2.45, 2.75) is 265 Å². The maximum atomic E-state index is 12.8. The van der Waals surface area contributed by atoms with E-state index in [-0.39, 0.29) is 5.91 Å². The summed E-state index contributed by atoms with van der Waals surface area (Å²) in [6.07, 6.45) is 50.1. The van der Waals surface area contributed by atoms with E-state index in [1.165, 1.54) is 238 Å².